The number of benzene rings is 1. The summed E-state index contributed by atoms with van der Waals surface area (Å²) in [6, 6.07) is 8.11. The lowest BCUT2D eigenvalue weighted by Crippen LogP contribution is -2.53. The van der Waals surface area contributed by atoms with Crippen LogP contribution in [-0.2, 0) is 15.0 Å². The van der Waals surface area contributed by atoms with E-state index in [4.69, 9.17) is 5.73 Å². The third kappa shape index (κ3) is 2.67. The fourth-order valence-electron chi connectivity index (χ4n) is 3.60. The van der Waals surface area contributed by atoms with Gasteiger partial charge in [0.05, 0.1) is 5.41 Å². The van der Waals surface area contributed by atoms with E-state index in [0.29, 0.717) is 25.9 Å². The van der Waals surface area contributed by atoms with Crippen molar-refractivity contribution in [2.24, 2.45) is 11.7 Å². The minimum atomic E-state index is -0.347. The number of carbonyl (C=O) groups excluding carboxylic acids is 2. The van der Waals surface area contributed by atoms with Crippen LogP contribution in [0, 0.1) is 5.92 Å². The van der Waals surface area contributed by atoms with E-state index in [1.54, 1.807) is 0 Å². The van der Waals surface area contributed by atoms with Gasteiger partial charge in [0.2, 0.25) is 11.8 Å². The largest absolute Gasteiger partial charge is 0.369 e. The molecule has 0 spiro atoms. The third-order valence-electron chi connectivity index (χ3n) is 5.20. The number of hydrogen-bond donors (Lipinski definition) is 1. The maximum Gasteiger partial charge on any atom is 0.233 e. The first-order valence-corrected chi connectivity index (χ1v) is 8.67. The molecule has 2 amide bonds. The molecule has 1 saturated carbocycles. The predicted molar refractivity (Wildman–Crippen MR) is 88.2 cm³/mol. The molecule has 3 rings (SSSR count). The number of primary amides is 1. The highest BCUT2D eigenvalue weighted by atomic mass is 79.9. The maximum atomic E-state index is 13.1. The molecule has 2 fully saturated rings. The lowest BCUT2D eigenvalue weighted by Gasteiger charge is -2.45. The zero-order valence-corrected chi connectivity index (χ0v) is 14.1. The van der Waals surface area contributed by atoms with Gasteiger partial charge in [0, 0.05) is 23.5 Å². The zero-order valence-electron chi connectivity index (χ0n) is 12.6. The Morgan fingerprint density at radius 3 is 2.18 bits per heavy atom. The van der Waals surface area contributed by atoms with E-state index in [0.717, 1.165) is 29.3 Å². The fourth-order valence-corrected chi connectivity index (χ4v) is 3.86. The van der Waals surface area contributed by atoms with Crippen molar-refractivity contribution >= 4 is 27.7 Å². The molecule has 4 nitrogen and oxygen atoms in total. The van der Waals surface area contributed by atoms with Gasteiger partial charge in [-0.25, -0.2) is 0 Å². The van der Waals surface area contributed by atoms with Crippen LogP contribution in [0.4, 0.5) is 0 Å². The second-order valence-electron chi connectivity index (χ2n) is 6.41. The molecule has 0 aromatic heterocycles. The summed E-state index contributed by atoms with van der Waals surface area (Å²) < 4.78 is 1.03. The lowest BCUT2D eigenvalue weighted by atomic mass is 9.63. The van der Waals surface area contributed by atoms with Gasteiger partial charge >= 0.3 is 0 Å². The van der Waals surface area contributed by atoms with Crippen molar-refractivity contribution in [3.05, 3.63) is 34.3 Å². The Hall–Kier alpha value is -1.36. The molecule has 0 atom stereocenters. The summed E-state index contributed by atoms with van der Waals surface area (Å²) in [7, 11) is 0. The van der Waals surface area contributed by atoms with Crippen LogP contribution in [0.5, 0.6) is 0 Å². The van der Waals surface area contributed by atoms with Gasteiger partial charge in [0.25, 0.3) is 0 Å². The molecule has 0 unspecified atom stereocenters. The summed E-state index contributed by atoms with van der Waals surface area (Å²) in [4.78, 5) is 26.3. The number of carbonyl (C=O) groups is 2. The molecule has 1 aliphatic heterocycles. The number of rotatable bonds is 3. The molecule has 2 N–H and O–H groups in total. The summed E-state index contributed by atoms with van der Waals surface area (Å²) in [6.07, 6.45) is 4.32. The van der Waals surface area contributed by atoms with E-state index < -0.39 is 0 Å². The maximum absolute atomic E-state index is 13.1. The normalized spacial score (nSPS) is 21.2. The quantitative estimate of drug-likeness (QED) is 0.895. The van der Waals surface area contributed by atoms with Crippen molar-refractivity contribution in [2.75, 3.05) is 13.1 Å². The van der Waals surface area contributed by atoms with Crippen LogP contribution in [0.2, 0.25) is 0 Å². The number of hydrogen-bond acceptors (Lipinski definition) is 2. The molecule has 2 aliphatic rings. The summed E-state index contributed by atoms with van der Waals surface area (Å²) in [5, 5.41) is 0. The molecule has 1 aromatic carbocycles. The highest BCUT2D eigenvalue weighted by Gasteiger charge is 2.48. The van der Waals surface area contributed by atoms with Gasteiger partial charge in [0.15, 0.2) is 0 Å². The smallest absolute Gasteiger partial charge is 0.233 e. The first kappa shape index (κ1) is 15.5. The average molecular weight is 365 g/mol. The molecule has 118 valence electrons. The highest BCUT2D eigenvalue weighted by Crippen LogP contribution is 2.45. The van der Waals surface area contributed by atoms with E-state index in [1.807, 2.05) is 17.0 Å². The molecule has 22 heavy (non-hydrogen) atoms. The molecule has 1 aliphatic carbocycles. The topological polar surface area (TPSA) is 63.4 Å². The first-order valence-electron chi connectivity index (χ1n) is 7.88. The Kier molecular flexibility index (Phi) is 4.26. The van der Waals surface area contributed by atoms with Crippen molar-refractivity contribution in [2.45, 2.75) is 37.5 Å². The Balaban J connectivity index is 1.75. The van der Waals surface area contributed by atoms with Crippen molar-refractivity contribution in [3.63, 3.8) is 0 Å². The number of amides is 2. The van der Waals surface area contributed by atoms with E-state index in [-0.39, 0.29) is 23.1 Å². The molecule has 0 bridgehead atoms. The van der Waals surface area contributed by atoms with Crippen LogP contribution < -0.4 is 5.73 Å². The minimum absolute atomic E-state index is 0.0749. The molecule has 1 heterocycles. The zero-order chi connectivity index (χ0) is 15.7. The van der Waals surface area contributed by atoms with Crippen LogP contribution in [0.25, 0.3) is 0 Å². The van der Waals surface area contributed by atoms with Crippen molar-refractivity contribution in [3.8, 4) is 0 Å². The summed E-state index contributed by atoms with van der Waals surface area (Å²) in [5.74, 6) is -0.0866. The third-order valence-corrected chi connectivity index (χ3v) is 5.73. The Bertz CT molecular complexity index is 573. The van der Waals surface area contributed by atoms with Gasteiger partial charge in [-0.15, -0.1) is 0 Å². The second kappa shape index (κ2) is 6.03. The molecule has 1 saturated heterocycles. The summed E-state index contributed by atoms with van der Waals surface area (Å²) >= 11 is 3.45. The highest BCUT2D eigenvalue weighted by molar-refractivity contribution is 9.10. The fraction of sp³-hybridized carbons (Fsp3) is 0.529. The minimum Gasteiger partial charge on any atom is -0.369 e. The van der Waals surface area contributed by atoms with Gasteiger partial charge in [-0.1, -0.05) is 34.5 Å². The van der Waals surface area contributed by atoms with Crippen LogP contribution >= 0.6 is 15.9 Å². The predicted octanol–water partition coefficient (Wildman–Crippen LogP) is 2.59. The molecule has 0 radical (unpaired) electrons. The standard InChI is InChI=1S/C17H21BrN2O2/c18-14-4-2-13(3-5-14)17(8-1-9-17)16(22)20-10-6-12(7-11-20)15(19)21/h2-5,12H,1,6-11H2,(H2,19,21). The number of nitrogens with two attached hydrogens (primary N) is 1. The Morgan fingerprint density at radius 1 is 1.14 bits per heavy atom. The SMILES string of the molecule is NC(=O)C1CCN(C(=O)C2(c3ccc(Br)cc3)CCC2)CC1. The summed E-state index contributed by atoms with van der Waals surface area (Å²) in [5.41, 5.74) is 6.14. The molecular formula is C17H21BrN2O2. The van der Waals surface area contributed by atoms with Crippen molar-refractivity contribution in [1.29, 1.82) is 0 Å². The number of nitrogens with zero attached hydrogens (tertiary/aromatic N) is 1. The monoisotopic (exact) mass is 364 g/mol. The number of likely N-dealkylation sites (tertiary alicyclic amines) is 1. The van der Waals surface area contributed by atoms with Gasteiger partial charge in [-0.3, -0.25) is 9.59 Å². The Morgan fingerprint density at radius 2 is 1.73 bits per heavy atom. The van der Waals surface area contributed by atoms with E-state index in [9.17, 15) is 9.59 Å². The number of halogens is 1. The molecule has 1 aromatic rings. The van der Waals surface area contributed by atoms with Crippen LogP contribution in [0.3, 0.4) is 0 Å². The van der Waals surface area contributed by atoms with Gasteiger partial charge in [-0.2, -0.15) is 0 Å². The summed E-state index contributed by atoms with van der Waals surface area (Å²) in [6.45, 7) is 1.29. The van der Waals surface area contributed by atoms with Crippen molar-refractivity contribution in [1.82, 2.24) is 4.90 Å². The molecular weight excluding hydrogens is 344 g/mol. The van der Waals surface area contributed by atoms with Crippen LogP contribution in [-0.4, -0.2) is 29.8 Å². The van der Waals surface area contributed by atoms with Gasteiger partial charge < -0.3 is 10.6 Å². The van der Waals surface area contributed by atoms with Gasteiger partial charge in [-0.05, 0) is 43.4 Å². The molecule has 5 heteroatoms. The average Bonchev–Trinajstić information content (AvgIpc) is 2.48. The van der Waals surface area contributed by atoms with Crippen LogP contribution in [0.1, 0.15) is 37.7 Å². The lowest BCUT2D eigenvalue weighted by molar-refractivity contribution is -0.143. The van der Waals surface area contributed by atoms with Crippen molar-refractivity contribution < 1.29 is 9.59 Å². The second-order valence-corrected chi connectivity index (χ2v) is 7.33. The van der Waals surface area contributed by atoms with Gasteiger partial charge in [0.1, 0.15) is 0 Å². The van der Waals surface area contributed by atoms with E-state index >= 15 is 0 Å². The first-order chi connectivity index (χ1) is 10.5. The van der Waals surface area contributed by atoms with Crippen LogP contribution in [0.15, 0.2) is 28.7 Å². The van der Waals surface area contributed by atoms with E-state index in [2.05, 4.69) is 28.1 Å². The van der Waals surface area contributed by atoms with E-state index in [1.165, 1.54) is 0 Å². The Labute approximate surface area is 139 Å². The number of piperidine rings is 1.